The summed E-state index contributed by atoms with van der Waals surface area (Å²) >= 11 is 1.40. The fraction of sp³-hybridized carbons (Fsp3) is 0.286. The predicted octanol–water partition coefficient (Wildman–Crippen LogP) is 1.99. The summed E-state index contributed by atoms with van der Waals surface area (Å²) in [5, 5.41) is 19.3. The Morgan fingerprint density at radius 3 is 2.59 bits per heavy atom. The number of hydrogen-bond acceptors (Lipinski definition) is 5. The molecule has 10 heteroatoms. The zero-order chi connectivity index (χ0) is 13.2. The van der Waals surface area contributed by atoms with Gasteiger partial charge in [-0.1, -0.05) is 0 Å². The maximum atomic E-state index is 12.0. The van der Waals surface area contributed by atoms with Crippen molar-refractivity contribution < 1.29 is 27.9 Å². The molecule has 1 rings (SSSR count). The first-order valence-corrected chi connectivity index (χ1v) is 5.03. The summed E-state index contributed by atoms with van der Waals surface area (Å²) in [5.41, 5.74) is -0.904. The van der Waals surface area contributed by atoms with Crippen LogP contribution in [0.2, 0.25) is 0 Å². The number of aliphatic hydroxyl groups is 1. The standard InChI is InChI=1S/C7H4F3IN2O4/c8-7(9,10)17-6-3(2-14)1-4(13(15)16)5(11)12-6/h1,14H,2H2. The summed E-state index contributed by atoms with van der Waals surface area (Å²) in [5.74, 6) is -0.894. The lowest BCUT2D eigenvalue weighted by molar-refractivity contribution is -0.386. The Hall–Kier alpha value is -1.17. The lowest BCUT2D eigenvalue weighted by Gasteiger charge is -2.11. The minimum atomic E-state index is -4.98. The van der Waals surface area contributed by atoms with E-state index in [0.29, 0.717) is 0 Å². The molecule has 0 aliphatic heterocycles. The largest absolute Gasteiger partial charge is 0.574 e. The van der Waals surface area contributed by atoms with Crippen molar-refractivity contribution in [3.05, 3.63) is 25.4 Å². The molecule has 0 aliphatic rings. The molecule has 0 saturated carbocycles. The van der Waals surface area contributed by atoms with Crippen molar-refractivity contribution in [1.29, 1.82) is 0 Å². The first-order chi connectivity index (χ1) is 7.74. The molecule has 0 aromatic carbocycles. The van der Waals surface area contributed by atoms with Crippen molar-refractivity contribution in [3.63, 3.8) is 0 Å². The van der Waals surface area contributed by atoms with Crippen LogP contribution in [0.3, 0.4) is 0 Å². The van der Waals surface area contributed by atoms with Gasteiger partial charge in [0.25, 0.3) is 0 Å². The lowest BCUT2D eigenvalue weighted by Crippen LogP contribution is -2.19. The molecule has 0 unspecified atom stereocenters. The third-order valence-corrected chi connectivity index (χ3v) is 2.37. The van der Waals surface area contributed by atoms with Crippen molar-refractivity contribution in [1.82, 2.24) is 4.98 Å². The van der Waals surface area contributed by atoms with Crippen LogP contribution in [-0.2, 0) is 6.61 Å². The van der Waals surface area contributed by atoms with E-state index in [0.717, 1.165) is 6.07 Å². The summed E-state index contributed by atoms with van der Waals surface area (Å²) in [6.07, 6.45) is -4.98. The second-order valence-corrected chi connectivity index (χ2v) is 3.75. The van der Waals surface area contributed by atoms with E-state index >= 15 is 0 Å². The summed E-state index contributed by atoms with van der Waals surface area (Å²) in [6, 6.07) is 0.788. The van der Waals surface area contributed by atoms with Crippen molar-refractivity contribution in [2.75, 3.05) is 0 Å². The molecular formula is C7H4F3IN2O4. The second kappa shape index (κ2) is 5.00. The first-order valence-electron chi connectivity index (χ1n) is 3.95. The van der Waals surface area contributed by atoms with E-state index in [4.69, 9.17) is 5.11 Å². The SMILES string of the molecule is O=[N+]([O-])c1cc(CO)c(OC(F)(F)F)nc1I. The molecule has 0 saturated heterocycles. The lowest BCUT2D eigenvalue weighted by atomic mass is 10.2. The number of halogens is 4. The van der Waals surface area contributed by atoms with Gasteiger partial charge in [-0.2, -0.15) is 4.98 Å². The van der Waals surface area contributed by atoms with Crippen molar-refractivity contribution in [3.8, 4) is 5.88 Å². The van der Waals surface area contributed by atoms with Crippen molar-refractivity contribution >= 4 is 28.3 Å². The zero-order valence-corrected chi connectivity index (χ0v) is 10.0. The predicted molar refractivity (Wildman–Crippen MR) is 56.2 cm³/mol. The van der Waals surface area contributed by atoms with Crippen molar-refractivity contribution in [2.24, 2.45) is 0 Å². The van der Waals surface area contributed by atoms with Gasteiger partial charge in [-0.15, -0.1) is 13.2 Å². The van der Waals surface area contributed by atoms with Gasteiger partial charge in [-0.3, -0.25) is 10.1 Å². The van der Waals surface area contributed by atoms with E-state index in [2.05, 4.69) is 9.72 Å². The van der Waals surface area contributed by atoms with Gasteiger partial charge < -0.3 is 9.84 Å². The Balaban J connectivity index is 3.24. The normalized spacial score (nSPS) is 11.4. The van der Waals surface area contributed by atoms with Gasteiger partial charge in [-0.25, -0.2) is 0 Å². The fourth-order valence-electron chi connectivity index (χ4n) is 0.944. The Morgan fingerprint density at radius 1 is 1.59 bits per heavy atom. The molecule has 0 amide bonds. The van der Waals surface area contributed by atoms with Gasteiger partial charge >= 0.3 is 12.0 Å². The number of hydrogen-bond donors (Lipinski definition) is 1. The molecule has 0 radical (unpaired) electrons. The van der Waals surface area contributed by atoms with Gasteiger partial charge in [0.1, 0.15) is 0 Å². The van der Waals surface area contributed by atoms with Crippen LogP contribution in [-0.4, -0.2) is 21.4 Å². The fourth-order valence-corrected chi connectivity index (χ4v) is 1.52. The number of rotatable bonds is 3. The molecule has 6 nitrogen and oxygen atoms in total. The molecule has 1 aromatic rings. The quantitative estimate of drug-likeness (QED) is 0.384. The minimum absolute atomic E-state index is 0.260. The molecule has 0 fully saturated rings. The van der Waals surface area contributed by atoms with E-state index in [1.54, 1.807) is 0 Å². The van der Waals surface area contributed by atoms with Gasteiger partial charge in [0.2, 0.25) is 5.88 Å². The summed E-state index contributed by atoms with van der Waals surface area (Å²) < 4.78 is 39.2. The highest BCUT2D eigenvalue weighted by Gasteiger charge is 2.34. The van der Waals surface area contributed by atoms with Crippen LogP contribution in [0.25, 0.3) is 0 Å². The average Bonchev–Trinajstić information content (AvgIpc) is 2.14. The zero-order valence-electron chi connectivity index (χ0n) is 7.86. The Labute approximate surface area is 106 Å². The molecule has 0 atom stereocenters. The van der Waals surface area contributed by atoms with Gasteiger partial charge in [0.15, 0.2) is 3.70 Å². The number of ether oxygens (including phenoxy) is 1. The molecule has 1 N–H and O–H groups in total. The summed E-state index contributed by atoms with van der Waals surface area (Å²) in [6.45, 7) is -0.851. The third-order valence-electron chi connectivity index (χ3n) is 1.58. The first kappa shape index (κ1) is 13.9. The Kier molecular flexibility index (Phi) is 4.08. The highest BCUT2D eigenvalue weighted by Crippen LogP contribution is 2.30. The number of aromatic nitrogens is 1. The third kappa shape index (κ3) is 3.66. The van der Waals surface area contributed by atoms with E-state index in [-0.39, 0.29) is 3.70 Å². The minimum Gasteiger partial charge on any atom is -0.391 e. The average molecular weight is 364 g/mol. The number of nitro groups is 1. The molecule has 1 heterocycles. The van der Waals surface area contributed by atoms with Crippen molar-refractivity contribution in [2.45, 2.75) is 13.0 Å². The molecule has 94 valence electrons. The van der Waals surface area contributed by atoms with Crippen LogP contribution in [0.4, 0.5) is 18.9 Å². The van der Waals surface area contributed by atoms with Crippen LogP contribution in [0, 0.1) is 13.8 Å². The smallest absolute Gasteiger partial charge is 0.391 e. The highest BCUT2D eigenvalue weighted by molar-refractivity contribution is 14.1. The second-order valence-electron chi connectivity index (χ2n) is 2.73. The number of pyridine rings is 1. The Bertz CT molecular complexity index is 451. The van der Waals surface area contributed by atoms with Crippen LogP contribution < -0.4 is 4.74 Å². The summed E-state index contributed by atoms with van der Waals surface area (Å²) in [4.78, 5) is 13.0. The molecule has 0 spiro atoms. The number of aliphatic hydroxyl groups excluding tert-OH is 1. The van der Waals surface area contributed by atoms with Crippen LogP contribution in [0.1, 0.15) is 5.56 Å². The molecule has 1 aromatic heterocycles. The van der Waals surface area contributed by atoms with Gasteiger partial charge in [0, 0.05) is 11.6 Å². The monoisotopic (exact) mass is 364 g/mol. The van der Waals surface area contributed by atoms with Gasteiger partial charge in [0.05, 0.1) is 11.5 Å². The molecule has 0 bridgehead atoms. The van der Waals surface area contributed by atoms with Crippen LogP contribution >= 0.6 is 22.6 Å². The Morgan fingerprint density at radius 2 is 2.18 bits per heavy atom. The van der Waals surface area contributed by atoms with E-state index in [1.807, 2.05) is 0 Å². The summed E-state index contributed by atoms with van der Waals surface area (Å²) in [7, 11) is 0. The highest BCUT2D eigenvalue weighted by atomic mass is 127. The number of nitrogens with zero attached hydrogens (tertiary/aromatic N) is 2. The topological polar surface area (TPSA) is 85.5 Å². The molecule has 0 aliphatic carbocycles. The molecular weight excluding hydrogens is 360 g/mol. The maximum Gasteiger partial charge on any atom is 0.574 e. The molecule has 17 heavy (non-hydrogen) atoms. The van der Waals surface area contributed by atoms with E-state index < -0.39 is 35.0 Å². The van der Waals surface area contributed by atoms with Crippen LogP contribution in [0.5, 0.6) is 5.88 Å². The van der Waals surface area contributed by atoms with E-state index in [9.17, 15) is 23.3 Å². The number of alkyl halides is 3. The van der Waals surface area contributed by atoms with Gasteiger partial charge in [-0.05, 0) is 22.6 Å². The maximum absolute atomic E-state index is 12.0. The van der Waals surface area contributed by atoms with Crippen LogP contribution in [0.15, 0.2) is 6.07 Å². The van der Waals surface area contributed by atoms with E-state index in [1.165, 1.54) is 22.6 Å².